The van der Waals surface area contributed by atoms with Crippen LogP contribution >= 0.6 is 15.9 Å². The molecular weight excluding hydrogens is 310 g/mol. The van der Waals surface area contributed by atoms with Crippen LogP contribution in [0.5, 0.6) is 0 Å². The van der Waals surface area contributed by atoms with Crippen molar-refractivity contribution in [3.63, 3.8) is 0 Å². The Balaban J connectivity index is 2.87. The van der Waals surface area contributed by atoms with E-state index in [0.29, 0.717) is 6.61 Å². The summed E-state index contributed by atoms with van der Waals surface area (Å²) in [5.41, 5.74) is 0.794. The van der Waals surface area contributed by atoms with Gasteiger partial charge in [0.2, 0.25) is 0 Å². The van der Waals surface area contributed by atoms with E-state index in [-0.39, 0.29) is 6.10 Å². The summed E-state index contributed by atoms with van der Waals surface area (Å²) in [6.07, 6.45) is 1.63. The largest absolute Gasteiger partial charge is 0.384 e. The predicted molar refractivity (Wildman–Crippen MR) is 79.1 cm³/mol. The SMILES string of the molecule is CCOC(CC)C(O)c1c(Br)cnn1CCN(C)C. The van der Waals surface area contributed by atoms with Gasteiger partial charge in [0.05, 0.1) is 29.0 Å². The maximum absolute atomic E-state index is 10.5. The molecule has 0 aromatic carbocycles. The molecule has 1 aromatic rings. The van der Waals surface area contributed by atoms with Crippen LogP contribution in [0.4, 0.5) is 0 Å². The normalized spacial score (nSPS) is 14.9. The van der Waals surface area contributed by atoms with Gasteiger partial charge in [0.25, 0.3) is 0 Å². The number of nitrogens with zero attached hydrogens (tertiary/aromatic N) is 3. The molecule has 19 heavy (non-hydrogen) atoms. The summed E-state index contributed by atoms with van der Waals surface area (Å²) < 4.78 is 8.26. The molecule has 0 amide bonds. The van der Waals surface area contributed by atoms with Gasteiger partial charge in [-0.15, -0.1) is 0 Å². The smallest absolute Gasteiger partial charge is 0.123 e. The fraction of sp³-hybridized carbons (Fsp3) is 0.769. The first-order valence-corrected chi connectivity index (χ1v) is 7.46. The molecule has 1 heterocycles. The third-order valence-electron chi connectivity index (χ3n) is 3.01. The molecule has 1 rings (SSSR count). The zero-order valence-corrected chi connectivity index (χ0v) is 13.7. The van der Waals surface area contributed by atoms with Crippen molar-refractivity contribution in [2.24, 2.45) is 0 Å². The molecule has 0 aliphatic carbocycles. The summed E-state index contributed by atoms with van der Waals surface area (Å²) >= 11 is 3.46. The van der Waals surface area contributed by atoms with Gasteiger partial charge in [-0.2, -0.15) is 5.10 Å². The van der Waals surface area contributed by atoms with Crippen LogP contribution in [0.3, 0.4) is 0 Å². The van der Waals surface area contributed by atoms with Crippen molar-refractivity contribution in [3.05, 3.63) is 16.4 Å². The fourth-order valence-electron chi connectivity index (χ4n) is 1.96. The maximum Gasteiger partial charge on any atom is 0.123 e. The second-order valence-electron chi connectivity index (χ2n) is 4.75. The zero-order valence-electron chi connectivity index (χ0n) is 12.1. The lowest BCUT2D eigenvalue weighted by Crippen LogP contribution is -2.26. The Morgan fingerprint density at radius 2 is 2.16 bits per heavy atom. The summed E-state index contributed by atoms with van der Waals surface area (Å²) in [4.78, 5) is 2.09. The number of likely N-dealkylation sites (N-methyl/N-ethyl adjacent to an activating group) is 1. The van der Waals surface area contributed by atoms with E-state index in [0.717, 1.165) is 29.7 Å². The monoisotopic (exact) mass is 333 g/mol. The average molecular weight is 334 g/mol. The van der Waals surface area contributed by atoms with E-state index in [1.807, 2.05) is 32.6 Å². The Bertz CT molecular complexity index is 382. The van der Waals surface area contributed by atoms with Gasteiger partial charge >= 0.3 is 0 Å². The zero-order chi connectivity index (χ0) is 14.4. The molecule has 0 saturated heterocycles. The van der Waals surface area contributed by atoms with Crippen molar-refractivity contribution in [1.29, 1.82) is 0 Å². The van der Waals surface area contributed by atoms with Gasteiger partial charge in [-0.25, -0.2) is 0 Å². The van der Waals surface area contributed by atoms with Gasteiger partial charge < -0.3 is 14.7 Å². The van der Waals surface area contributed by atoms with Crippen molar-refractivity contribution in [3.8, 4) is 0 Å². The molecule has 0 aliphatic heterocycles. The first-order valence-electron chi connectivity index (χ1n) is 6.66. The molecule has 0 aliphatic rings. The molecular formula is C13H24BrN3O2. The summed E-state index contributed by atoms with van der Waals surface area (Å²) in [5, 5.41) is 14.8. The topological polar surface area (TPSA) is 50.5 Å². The Hall–Kier alpha value is -0.430. The number of aliphatic hydroxyl groups is 1. The van der Waals surface area contributed by atoms with Crippen molar-refractivity contribution >= 4 is 15.9 Å². The third-order valence-corrected chi connectivity index (χ3v) is 3.62. The molecule has 1 N–H and O–H groups in total. The van der Waals surface area contributed by atoms with Gasteiger partial charge in [0.15, 0.2) is 0 Å². The van der Waals surface area contributed by atoms with E-state index in [4.69, 9.17) is 4.74 Å². The van der Waals surface area contributed by atoms with E-state index >= 15 is 0 Å². The van der Waals surface area contributed by atoms with Crippen LogP contribution in [-0.2, 0) is 11.3 Å². The Morgan fingerprint density at radius 3 is 2.68 bits per heavy atom. The standard InChI is InChI=1S/C13H24BrN3O2/c1-5-11(19-6-2)13(18)12-10(14)9-15-17(12)8-7-16(3)4/h9,11,13,18H,5-8H2,1-4H3. The highest BCUT2D eigenvalue weighted by atomic mass is 79.9. The first kappa shape index (κ1) is 16.6. The number of ether oxygens (including phenoxy) is 1. The van der Waals surface area contributed by atoms with E-state index in [2.05, 4.69) is 25.9 Å². The number of hydrogen-bond acceptors (Lipinski definition) is 4. The molecule has 1 aromatic heterocycles. The molecule has 0 saturated carbocycles. The van der Waals surface area contributed by atoms with E-state index in [9.17, 15) is 5.11 Å². The molecule has 2 atom stereocenters. The van der Waals surface area contributed by atoms with Crippen LogP contribution in [0.25, 0.3) is 0 Å². The first-order chi connectivity index (χ1) is 9.01. The lowest BCUT2D eigenvalue weighted by molar-refractivity contribution is -0.0395. The second kappa shape index (κ2) is 7.99. The lowest BCUT2D eigenvalue weighted by Gasteiger charge is -2.23. The minimum Gasteiger partial charge on any atom is -0.384 e. The highest BCUT2D eigenvalue weighted by molar-refractivity contribution is 9.10. The van der Waals surface area contributed by atoms with Crippen molar-refractivity contribution in [2.75, 3.05) is 27.2 Å². The quantitative estimate of drug-likeness (QED) is 0.791. The fourth-order valence-corrected chi connectivity index (χ4v) is 2.49. The Labute approximate surface area is 123 Å². The van der Waals surface area contributed by atoms with Gasteiger partial charge in [-0.05, 0) is 43.4 Å². The van der Waals surface area contributed by atoms with E-state index in [1.165, 1.54) is 0 Å². The third kappa shape index (κ3) is 4.56. The van der Waals surface area contributed by atoms with Gasteiger partial charge in [-0.1, -0.05) is 6.92 Å². The number of aromatic nitrogens is 2. The van der Waals surface area contributed by atoms with Crippen LogP contribution in [0, 0.1) is 0 Å². The van der Waals surface area contributed by atoms with Crippen molar-refractivity contribution in [2.45, 2.75) is 39.0 Å². The van der Waals surface area contributed by atoms with Crippen LogP contribution in [-0.4, -0.2) is 53.1 Å². The highest BCUT2D eigenvalue weighted by Gasteiger charge is 2.25. The van der Waals surface area contributed by atoms with E-state index < -0.39 is 6.10 Å². The molecule has 110 valence electrons. The predicted octanol–water partition coefficient (Wildman–Crippen LogP) is 2.06. The summed E-state index contributed by atoms with van der Waals surface area (Å²) in [7, 11) is 4.04. The van der Waals surface area contributed by atoms with E-state index in [1.54, 1.807) is 6.20 Å². The molecule has 0 bridgehead atoms. The van der Waals surface area contributed by atoms with Crippen LogP contribution in [0.2, 0.25) is 0 Å². The molecule has 2 unspecified atom stereocenters. The molecule has 5 nitrogen and oxygen atoms in total. The number of hydrogen-bond donors (Lipinski definition) is 1. The maximum atomic E-state index is 10.5. The number of rotatable bonds is 8. The molecule has 0 spiro atoms. The number of halogens is 1. The molecule has 0 fully saturated rings. The van der Waals surface area contributed by atoms with Crippen LogP contribution in [0.1, 0.15) is 32.1 Å². The highest BCUT2D eigenvalue weighted by Crippen LogP contribution is 2.28. The number of aliphatic hydroxyl groups excluding tert-OH is 1. The summed E-state index contributed by atoms with van der Waals surface area (Å²) in [6, 6.07) is 0. The van der Waals surface area contributed by atoms with Crippen molar-refractivity contribution < 1.29 is 9.84 Å². The van der Waals surface area contributed by atoms with Crippen molar-refractivity contribution in [1.82, 2.24) is 14.7 Å². The van der Waals surface area contributed by atoms with Gasteiger partial charge in [0.1, 0.15) is 6.10 Å². The Kier molecular flexibility index (Phi) is 6.99. The van der Waals surface area contributed by atoms with Crippen LogP contribution in [0.15, 0.2) is 10.7 Å². The molecule has 6 heteroatoms. The van der Waals surface area contributed by atoms with Crippen LogP contribution < -0.4 is 0 Å². The van der Waals surface area contributed by atoms with Gasteiger partial charge in [-0.3, -0.25) is 4.68 Å². The lowest BCUT2D eigenvalue weighted by atomic mass is 10.1. The summed E-state index contributed by atoms with van der Waals surface area (Å²) in [5.74, 6) is 0. The average Bonchev–Trinajstić information content (AvgIpc) is 2.74. The van der Waals surface area contributed by atoms with Gasteiger partial charge in [0, 0.05) is 13.2 Å². The Morgan fingerprint density at radius 1 is 1.47 bits per heavy atom. The molecule has 0 radical (unpaired) electrons. The minimum absolute atomic E-state index is 0.198. The summed E-state index contributed by atoms with van der Waals surface area (Å²) in [6.45, 7) is 6.16. The minimum atomic E-state index is -0.663. The second-order valence-corrected chi connectivity index (χ2v) is 5.61.